The van der Waals surface area contributed by atoms with Crippen molar-refractivity contribution in [3.05, 3.63) is 56.1 Å². The van der Waals surface area contributed by atoms with Crippen molar-refractivity contribution in [2.45, 2.75) is 5.33 Å². The average molecular weight is 468 g/mol. The fourth-order valence-corrected chi connectivity index (χ4v) is 3.24. The summed E-state index contributed by atoms with van der Waals surface area (Å²) in [5, 5.41) is 0.830. The van der Waals surface area contributed by atoms with Crippen molar-refractivity contribution in [1.29, 1.82) is 0 Å². The van der Waals surface area contributed by atoms with Crippen molar-refractivity contribution in [1.82, 2.24) is 0 Å². The minimum absolute atomic E-state index is 0.830. The van der Waals surface area contributed by atoms with Gasteiger partial charge in [-0.3, -0.25) is 0 Å². The molecule has 2 rings (SSSR count). The molecule has 0 N–H and O–H groups in total. The quantitative estimate of drug-likeness (QED) is 0.413. The van der Waals surface area contributed by atoms with Crippen LogP contribution in [0.25, 0.3) is 0 Å². The minimum Gasteiger partial charge on any atom is -0.457 e. The van der Waals surface area contributed by atoms with Gasteiger partial charge in [-0.15, -0.1) is 0 Å². The molecule has 0 bridgehead atoms. The molecule has 2 aromatic rings. The number of benzene rings is 2. The molecule has 4 heteroatoms. The summed E-state index contributed by atoms with van der Waals surface area (Å²) < 4.78 is 8.01. The van der Waals surface area contributed by atoms with Gasteiger partial charge in [0, 0.05) is 13.4 Å². The molecule has 1 nitrogen and oxygen atoms in total. The lowest BCUT2D eigenvalue weighted by Crippen LogP contribution is -1.87. The molecule has 0 saturated heterocycles. The Balaban J connectivity index is 2.22. The van der Waals surface area contributed by atoms with Gasteiger partial charge in [0.2, 0.25) is 0 Å². The molecule has 0 atom stereocenters. The van der Waals surface area contributed by atoms with E-state index in [0.717, 1.165) is 24.9 Å². The number of hydrogen-bond acceptors (Lipinski definition) is 1. The minimum atomic E-state index is 0.830. The van der Waals surface area contributed by atoms with Crippen LogP contribution in [0.3, 0.4) is 0 Å². The second kappa shape index (κ2) is 6.20. The summed E-state index contributed by atoms with van der Waals surface area (Å²) in [4.78, 5) is 0. The fourth-order valence-electron chi connectivity index (χ4n) is 1.37. The van der Waals surface area contributed by atoms with Crippen LogP contribution in [0.5, 0.6) is 11.5 Å². The number of ether oxygens (including phenoxy) is 1. The summed E-state index contributed by atoms with van der Waals surface area (Å²) in [6, 6.07) is 14.0. The van der Waals surface area contributed by atoms with Gasteiger partial charge in [0.15, 0.2) is 0 Å². The maximum absolute atomic E-state index is 5.79. The largest absolute Gasteiger partial charge is 0.457 e. The maximum Gasteiger partial charge on any atom is 0.128 e. The Bertz CT molecular complexity index is 529. The third-order valence-corrected chi connectivity index (χ3v) is 4.21. The Labute approximate surface area is 131 Å². The molecular weight excluding hydrogens is 459 g/mol. The van der Waals surface area contributed by atoms with Gasteiger partial charge in [-0.25, -0.2) is 0 Å². The van der Waals surface area contributed by atoms with E-state index in [1.54, 1.807) is 0 Å². The lowest BCUT2D eigenvalue weighted by molar-refractivity contribution is 0.482. The van der Waals surface area contributed by atoms with E-state index in [4.69, 9.17) is 4.74 Å². The summed E-state index contributed by atoms with van der Waals surface area (Å²) >= 11 is 9.23. The normalized spacial score (nSPS) is 10.3. The van der Waals surface area contributed by atoms with Gasteiger partial charge in [0.05, 0.1) is 0 Å². The molecule has 0 aromatic heterocycles. The Morgan fingerprint density at radius 2 is 1.82 bits per heavy atom. The van der Waals surface area contributed by atoms with Gasteiger partial charge in [0.25, 0.3) is 0 Å². The van der Waals surface area contributed by atoms with Crippen molar-refractivity contribution in [3.63, 3.8) is 0 Å². The highest BCUT2D eigenvalue weighted by molar-refractivity contribution is 14.1. The van der Waals surface area contributed by atoms with Crippen molar-refractivity contribution in [2.75, 3.05) is 0 Å². The SMILES string of the molecule is BrCc1ccc(Oc2cccc(I)c2)cc1Br. The smallest absolute Gasteiger partial charge is 0.128 e. The first kappa shape index (κ1) is 13.4. The molecular formula is C13H9Br2IO. The molecule has 0 aliphatic rings. The molecule has 0 unspecified atom stereocenters. The van der Waals surface area contributed by atoms with Crippen LogP contribution >= 0.6 is 54.5 Å². The summed E-state index contributed by atoms with van der Waals surface area (Å²) in [5.41, 5.74) is 1.21. The van der Waals surface area contributed by atoms with E-state index in [1.165, 1.54) is 5.56 Å². The van der Waals surface area contributed by atoms with E-state index >= 15 is 0 Å². The highest BCUT2D eigenvalue weighted by atomic mass is 127. The first-order valence-electron chi connectivity index (χ1n) is 4.97. The third-order valence-electron chi connectivity index (χ3n) is 2.20. The van der Waals surface area contributed by atoms with Crippen LogP contribution in [-0.4, -0.2) is 0 Å². The van der Waals surface area contributed by atoms with E-state index in [1.807, 2.05) is 42.5 Å². The third kappa shape index (κ3) is 3.69. The summed E-state index contributed by atoms with van der Waals surface area (Å²) in [7, 11) is 0. The topological polar surface area (TPSA) is 9.23 Å². The van der Waals surface area contributed by atoms with Crippen LogP contribution in [0, 0.1) is 3.57 Å². The molecule has 88 valence electrons. The van der Waals surface area contributed by atoms with Gasteiger partial charge < -0.3 is 4.74 Å². The Hall–Kier alpha value is -0.0700. The first-order chi connectivity index (χ1) is 8.19. The zero-order valence-corrected chi connectivity index (χ0v) is 14.1. The molecule has 0 saturated carbocycles. The van der Waals surface area contributed by atoms with Gasteiger partial charge >= 0.3 is 0 Å². The van der Waals surface area contributed by atoms with Gasteiger partial charge in [-0.05, 0) is 58.5 Å². The van der Waals surface area contributed by atoms with Crippen LogP contribution in [0.15, 0.2) is 46.9 Å². The summed E-state index contributed by atoms with van der Waals surface area (Å²) in [5.74, 6) is 1.69. The standard InChI is InChI=1S/C13H9Br2IO/c14-8-9-4-5-12(7-13(9)15)17-11-3-1-2-10(16)6-11/h1-7H,8H2. The predicted molar refractivity (Wildman–Crippen MR) is 86.0 cm³/mol. The molecule has 0 radical (unpaired) electrons. The van der Waals surface area contributed by atoms with Crippen LogP contribution in [0.1, 0.15) is 5.56 Å². The van der Waals surface area contributed by atoms with E-state index in [0.29, 0.717) is 0 Å². The molecule has 0 heterocycles. The highest BCUT2D eigenvalue weighted by Crippen LogP contribution is 2.28. The van der Waals surface area contributed by atoms with Crippen molar-refractivity contribution in [2.24, 2.45) is 0 Å². The van der Waals surface area contributed by atoms with Crippen LogP contribution in [0.2, 0.25) is 0 Å². The van der Waals surface area contributed by atoms with Gasteiger partial charge in [-0.2, -0.15) is 0 Å². The monoisotopic (exact) mass is 466 g/mol. The fraction of sp³-hybridized carbons (Fsp3) is 0.0769. The van der Waals surface area contributed by atoms with Crippen LogP contribution < -0.4 is 4.74 Å². The zero-order valence-electron chi connectivity index (χ0n) is 8.79. The Morgan fingerprint density at radius 1 is 1.06 bits per heavy atom. The number of hydrogen-bond donors (Lipinski definition) is 0. The van der Waals surface area contributed by atoms with Crippen LogP contribution in [0.4, 0.5) is 0 Å². The molecule has 0 fully saturated rings. The molecule has 0 amide bonds. The van der Waals surface area contributed by atoms with Crippen molar-refractivity contribution >= 4 is 54.5 Å². The number of alkyl halides is 1. The molecule has 17 heavy (non-hydrogen) atoms. The Kier molecular flexibility index (Phi) is 4.87. The van der Waals surface area contributed by atoms with E-state index in [9.17, 15) is 0 Å². The number of rotatable bonds is 3. The second-order valence-corrected chi connectivity index (χ2v) is 6.11. The predicted octanol–water partition coefficient (Wildman–Crippen LogP) is 5.74. The molecule has 0 aliphatic carbocycles. The van der Waals surface area contributed by atoms with Crippen LogP contribution in [-0.2, 0) is 5.33 Å². The highest BCUT2D eigenvalue weighted by Gasteiger charge is 2.02. The number of halogens is 3. The lowest BCUT2D eigenvalue weighted by atomic mass is 10.2. The Morgan fingerprint density at radius 3 is 2.47 bits per heavy atom. The lowest BCUT2D eigenvalue weighted by Gasteiger charge is -2.08. The zero-order chi connectivity index (χ0) is 12.3. The molecule has 0 aliphatic heterocycles. The second-order valence-electron chi connectivity index (χ2n) is 3.45. The van der Waals surface area contributed by atoms with Crippen molar-refractivity contribution < 1.29 is 4.74 Å². The summed E-state index contributed by atoms with van der Waals surface area (Å²) in [6.07, 6.45) is 0. The summed E-state index contributed by atoms with van der Waals surface area (Å²) in [6.45, 7) is 0. The first-order valence-corrected chi connectivity index (χ1v) is 7.96. The molecule has 0 spiro atoms. The van der Waals surface area contributed by atoms with Crippen molar-refractivity contribution in [3.8, 4) is 11.5 Å². The van der Waals surface area contributed by atoms with Gasteiger partial charge in [0.1, 0.15) is 11.5 Å². The van der Waals surface area contributed by atoms with E-state index < -0.39 is 0 Å². The van der Waals surface area contributed by atoms with E-state index in [-0.39, 0.29) is 0 Å². The average Bonchev–Trinajstić information content (AvgIpc) is 2.29. The van der Waals surface area contributed by atoms with Gasteiger partial charge in [-0.1, -0.05) is 44.0 Å². The molecule has 2 aromatic carbocycles. The van der Waals surface area contributed by atoms with E-state index in [2.05, 4.69) is 54.5 Å². The maximum atomic E-state index is 5.79.